The van der Waals surface area contributed by atoms with Crippen molar-refractivity contribution in [2.75, 3.05) is 7.11 Å². The molecular formula is C22H19Cl4N2O3S-. The molecule has 1 unspecified atom stereocenters. The third kappa shape index (κ3) is 4.61. The molecule has 0 aromatic heterocycles. The lowest BCUT2D eigenvalue weighted by molar-refractivity contribution is -0.300. The Kier molecular flexibility index (Phi) is 8.97. The minimum atomic E-state index is -1.26. The Labute approximate surface area is 213 Å². The predicted molar refractivity (Wildman–Crippen MR) is 134 cm³/mol. The van der Waals surface area contributed by atoms with Gasteiger partial charge in [-0.2, -0.15) is 0 Å². The fourth-order valence-corrected chi connectivity index (χ4v) is 5.46. The topological polar surface area (TPSA) is 65.0 Å². The van der Waals surface area contributed by atoms with Crippen LogP contribution in [-0.4, -0.2) is 23.1 Å². The standard InChI is InChI=1S/C22H18Cl2N2O3S.2ClH/c1-3-15-19(21(27)28)20(12-7-4-5-10-16(12)29-2)26-11-17(30-22(26)25-15)18-13(23)8-6-9-14(18)24;;/h4-11,20H,3H2,1-2H3,(H,27,28);2*1H/p-1. The van der Waals surface area contributed by atoms with E-state index < -0.39 is 12.0 Å². The van der Waals surface area contributed by atoms with Gasteiger partial charge in [0.25, 0.3) is 0 Å². The number of ether oxygens (including phenoxy) is 1. The molecule has 4 rings (SSSR count). The minimum absolute atomic E-state index is 0. The Morgan fingerprint density at radius 2 is 1.81 bits per heavy atom. The first-order valence-corrected chi connectivity index (χ1v) is 10.8. The second-order valence-electron chi connectivity index (χ2n) is 6.64. The van der Waals surface area contributed by atoms with Gasteiger partial charge in [0.2, 0.25) is 0 Å². The number of benzene rings is 2. The largest absolute Gasteiger partial charge is 0.545 e. The maximum absolute atomic E-state index is 12.2. The van der Waals surface area contributed by atoms with E-state index in [4.69, 9.17) is 27.9 Å². The van der Waals surface area contributed by atoms with Crippen molar-refractivity contribution >= 4 is 75.8 Å². The van der Waals surface area contributed by atoms with Crippen LogP contribution < -0.4 is 9.84 Å². The van der Waals surface area contributed by atoms with E-state index in [0.29, 0.717) is 44.2 Å². The highest BCUT2D eigenvalue weighted by Gasteiger charge is 2.38. The van der Waals surface area contributed by atoms with Crippen molar-refractivity contribution in [1.82, 2.24) is 4.90 Å². The summed E-state index contributed by atoms with van der Waals surface area (Å²) in [5.74, 6) is -0.672. The quantitative estimate of drug-likeness (QED) is 0.493. The van der Waals surface area contributed by atoms with Gasteiger partial charge in [0.1, 0.15) is 5.75 Å². The highest BCUT2D eigenvalue weighted by Crippen LogP contribution is 2.50. The molecule has 10 heteroatoms. The number of carboxylic acid groups (broad SMARTS) is 1. The van der Waals surface area contributed by atoms with Gasteiger partial charge in [0.05, 0.1) is 34.9 Å². The number of hydrogen-bond donors (Lipinski definition) is 0. The van der Waals surface area contributed by atoms with Crippen molar-refractivity contribution < 1.29 is 14.6 Å². The van der Waals surface area contributed by atoms with E-state index in [9.17, 15) is 9.90 Å². The van der Waals surface area contributed by atoms with Gasteiger partial charge < -0.3 is 19.5 Å². The zero-order valence-corrected chi connectivity index (χ0v) is 21.0. The molecule has 0 saturated carbocycles. The van der Waals surface area contributed by atoms with Gasteiger partial charge in [0.15, 0.2) is 5.17 Å². The third-order valence-corrected chi connectivity index (χ3v) is 6.61. The van der Waals surface area contributed by atoms with E-state index >= 15 is 0 Å². The molecule has 170 valence electrons. The molecule has 0 saturated heterocycles. The van der Waals surface area contributed by atoms with Gasteiger partial charge in [-0.3, -0.25) is 0 Å². The summed E-state index contributed by atoms with van der Waals surface area (Å²) >= 11 is 14.2. The van der Waals surface area contributed by atoms with Crippen LogP contribution in [0.25, 0.3) is 4.91 Å². The number of halogens is 4. The number of aliphatic carboxylic acids is 1. The Balaban J connectivity index is 0.00000181. The maximum Gasteiger partial charge on any atom is 0.173 e. The van der Waals surface area contributed by atoms with Crippen LogP contribution >= 0.6 is 59.8 Å². The molecule has 2 heterocycles. The number of fused-ring (bicyclic) bond motifs is 1. The number of aliphatic imine (C=N–C) groups is 1. The number of rotatable bonds is 5. The molecule has 2 aromatic carbocycles. The first kappa shape index (κ1) is 26.4. The van der Waals surface area contributed by atoms with Crippen LogP contribution in [0.1, 0.15) is 30.5 Å². The molecule has 5 nitrogen and oxygen atoms in total. The van der Waals surface area contributed by atoms with Crippen molar-refractivity contribution in [3.63, 3.8) is 0 Å². The van der Waals surface area contributed by atoms with Crippen LogP contribution in [0, 0.1) is 0 Å². The number of carbonyl (C=O) groups is 1. The normalized spacial score (nSPS) is 17.0. The average molecular weight is 533 g/mol. The summed E-state index contributed by atoms with van der Waals surface area (Å²) in [5, 5.41) is 13.9. The number of carboxylic acids is 1. The number of para-hydroxylation sites is 1. The number of allylic oxidation sites excluding steroid dienone is 1. The summed E-state index contributed by atoms with van der Waals surface area (Å²) in [5.41, 5.74) is 1.99. The summed E-state index contributed by atoms with van der Waals surface area (Å²) < 4.78 is 5.52. The molecule has 0 radical (unpaired) electrons. The molecule has 0 bridgehead atoms. The van der Waals surface area contributed by atoms with Crippen LogP contribution in [0.2, 0.25) is 10.0 Å². The second kappa shape index (κ2) is 10.9. The van der Waals surface area contributed by atoms with Crippen LogP contribution in [0.15, 0.2) is 64.9 Å². The van der Waals surface area contributed by atoms with Crippen LogP contribution in [0.4, 0.5) is 0 Å². The number of nitrogens with zero attached hydrogens (tertiary/aromatic N) is 2. The first-order chi connectivity index (χ1) is 14.5. The molecule has 0 aliphatic carbocycles. The molecule has 0 spiro atoms. The molecule has 2 aliphatic heterocycles. The predicted octanol–water partition coefficient (Wildman–Crippen LogP) is 5.72. The van der Waals surface area contributed by atoms with Crippen molar-refractivity contribution in [1.29, 1.82) is 0 Å². The average Bonchev–Trinajstić information content (AvgIpc) is 3.15. The van der Waals surface area contributed by atoms with Crippen molar-refractivity contribution in [2.45, 2.75) is 19.4 Å². The summed E-state index contributed by atoms with van der Waals surface area (Å²) in [6.45, 7) is 1.87. The Morgan fingerprint density at radius 1 is 1.16 bits per heavy atom. The van der Waals surface area contributed by atoms with E-state index in [-0.39, 0.29) is 30.4 Å². The third-order valence-electron chi connectivity index (χ3n) is 4.97. The summed E-state index contributed by atoms with van der Waals surface area (Å²) in [6, 6.07) is 12.0. The van der Waals surface area contributed by atoms with Gasteiger partial charge in [0, 0.05) is 27.8 Å². The number of hydrogen-bond acceptors (Lipinski definition) is 6. The molecule has 2 aliphatic rings. The van der Waals surface area contributed by atoms with Crippen molar-refractivity contribution in [3.8, 4) is 5.75 Å². The zero-order chi connectivity index (χ0) is 21.4. The van der Waals surface area contributed by atoms with E-state index in [0.717, 1.165) is 4.91 Å². The van der Waals surface area contributed by atoms with Crippen LogP contribution in [-0.2, 0) is 4.79 Å². The summed E-state index contributed by atoms with van der Waals surface area (Å²) in [6.07, 6.45) is 2.29. The fraction of sp³-hybridized carbons (Fsp3) is 0.182. The van der Waals surface area contributed by atoms with E-state index in [1.165, 1.54) is 11.8 Å². The van der Waals surface area contributed by atoms with Gasteiger partial charge in [-0.25, -0.2) is 4.99 Å². The summed E-state index contributed by atoms with van der Waals surface area (Å²) in [7, 11) is 1.56. The molecule has 0 fully saturated rings. The lowest BCUT2D eigenvalue weighted by atomic mass is 9.93. The van der Waals surface area contributed by atoms with Gasteiger partial charge in [-0.1, -0.05) is 54.4 Å². The lowest BCUT2D eigenvalue weighted by Crippen LogP contribution is -2.38. The number of methoxy groups -OCH3 is 1. The Morgan fingerprint density at radius 3 is 2.41 bits per heavy atom. The Bertz CT molecular complexity index is 1110. The zero-order valence-electron chi connectivity index (χ0n) is 17.0. The Hall–Kier alpha value is -1.83. The van der Waals surface area contributed by atoms with E-state index in [1.54, 1.807) is 31.4 Å². The monoisotopic (exact) mass is 531 g/mol. The molecule has 32 heavy (non-hydrogen) atoms. The van der Waals surface area contributed by atoms with Crippen molar-refractivity contribution in [2.24, 2.45) is 4.99 Å². The first-order valence-electron chi connectivity index (χ1n) is 9.24. The number of carbonyl (C=O) groups excluding carboxylic acids is 1. The molecule has 1 atom stereocenters. The lowest BCUT2D eigenvalue weighted by Gasteiger charge is -2.35. The molecule has 0 amide bonds. The van der Waals surface area contributed by atoms with E-state index in [2.05, 4.69) is 4.99 Å². The SMILES string of the molecule is CCC1=C(C(=O)[O-])C(c2ccccc2OC)N2C=C(c3c(Cl)cccc3Cl)SC2=N1.Cl.Cl. The second-order valence-corrected chi connectivity index (χ2v) is 8.46. The highest BCUT2D eigenvalue weighted by molar-refractivity contribution is 8.22. The fourth-order valence-electron chi connectivity index (χ4n) is 3.64. The van der Waals surface area contributed by atoms with Crippen LogP contribution in [0.5, 0.6) is 5.75 Å². The van der Waals surface area contributed by atoms with E-state index in [1.807, 2.05) is 36.2 Å². The maximum atomic E-state index is 12.2. The number of amidine groups is 1. The smallest absolute Gasteiger partial charge is 0.173 e. The summed E-state index contributed by atoms with van der Waals surface area (Å²) in [4.78, 5) is 19.4. The number of thioether (sulfide) groups is 1. The van der Waals surface area contributed by atoms with Gasteiger partial charge in [-0.15, -0.1) is 24.8 Å². The highest BCUT2D eigenvalue weighted by atomic mass is 35.5. The van der Waals surface area contributed by atoms with Gasteiger partial charge in [-0.05, 0) is 36.4 Å². The van der Waals surface area contributed by atoms with Crippen LogP contribution in [0.3, 0.4) is 0 Å². The van der Waals surface area contributed by atoms with Gasteiger partial charge >= 0.3 is 0 Å². The molecule has 2 aromatic rings. The molecular weight excluding hydrogens is 514 g/mol. The molecule has 0 N–H and O–H groups in total. The minimum Gasteiger partial charge on any atom is -0.545 e. The van der Waals surface area contributed by atoms with Crippen molar-refractivity contribution in [3.05, 3.63) is 81.1 Å².